The Morgan fingerprint density at radius 3 is 2.30 bits per heavy atom. The standard InChI is InChI=1S/C22H22N2O6/c1-15(30-18-10-8-17(13-23)9-11-18)21(26)29-14-20(25)24-19(22(27)28-2)12-16-6-4-3-5-7-16/h3-11,15,19H,12,14H2,1-2H3,(H,24,25)/t15-,19+/m0/s1. The van der Waals surface area contributed by atoms with Crippen molar-refractivity contribution >= 4 is 17.8 Å². The Morgan fingerprint density at radius 1 is 1.03 bits per heavy atom. The lowest BCUT2D eigenvalue weighted by Crippen LogP contribution is -2.45. The summed E-state index contributed by atoms with van der Waals surface area (Å²) in [5, 5.41) is 11.3. The topological polar surface area (TPSA) is 115 Å². The van der Waals surface area contributed by atoms with E-state index in [9.17, 15) is 14.4 Å². The second-order valence-corrected chi connectivity index (χ2v) is 6.34. The predicted octanol–water partition coefficient (Wildman–Crippen LogP) is 1.77. The van der Waals surface area contributed by atoms with Crippen molar-refractivity contribution in [2.75, 3.05) is 13.7 Å². The monoisotopic (exact) mass is 410 g/mol. The van der Waals surface area contributed by atoms with E-state index in [0.29, 0.717) is 11.3 Å². The Labute approximate surface area is 174 Å². The Kier molecular flexibility index (Phi) is 8.39. The molecule has 2 rings (SSSR count). The first-order chi connectivity index (χ1) is 14.4. The van der Waals surface area contributed by atoms with Gasteiger partial charge >= 0.3 is 11.9 Å². The highest BCUT2D eigenvalue weighted by atomic mass is 16.6. The predicted molar refractivity (Wildman–Crippen MR) is 106 cm³/mol. The number of nitrogens with zero attached hydrogens (tertiary/aromatic N) is 1. The molecule has 0 saturated heterocycles. The van der Waals surface area contributed by atoms with Gasteiger partial charge in [-0.15, -0.1) is 0 Å². The Balaban J connectivity index is 1.85. The molecule has 0 heterocycles. The largest absolute Gasteiger partial charge is 0.479 e. The van der Waals surface area contributed by atoms with Gasteiger partial charge in [0.2, 0.25) is 0 Å². The van der Waals surface area contributed by atoms with Crippen LogP contribution in [0.4, 0.5) is 0 Å². The molecule has 0 aliphatic heterocycles. The average molecular weight is 410 g/mol. The van der Waals surface area contributed by atoms with Crippen LogP contribution in [0.1, 0.15) is 18.1 Å². The molecule has 0 saturated carbocycles. The molecule has 8 nitrogen and oxygen atoms in total. The summed E-state index contributed by atoms with van der Waals surface area (Å²) in [5.41, 5.74) is 1.31. The maximum Gasteiger partial charge on any atom is 0.347 e. The number of ether oxygens (including phenoxy) is 3. The SMILES string of the molecule is COC(=O)[C@@H](Cc1ccccc1)NC(=O)COC(=O)[C@H](C)Oc1ccc(C#N)cc1. The fourth-order valence-electron chi connectivity index (χ4n) is 2.54. The number of esters is 2. The highest BCUT2D eigenvalue weighted by molar-refractivity contribution is 5.86. The Morgan fingerprint density at radius 2 is 1.70 bits per heavy atom. The van der Waals surface area contributed by atoms with Gasteiger partial charge in [-0.05, 0) is 36.8 Å². The highest BCUT2D eigenvalue weighted by Crippen LogP contribution is 2.14. The highest BCUT2D eigenvalue weighted by Gasteiger charge is 2.23. The fourth-order valence-corrected chi connectivity index (χ4v) is 2.54. The van der Waals surface area contributed by atoms with Crippen molar-refractivity contribution in [1.82, 2.24) is 5.32 Å². The summed E-state index contributed by atoms with van der Waals surface area (Å²) in [6.07, 6.45) is -0.725. The van der Waals surface area contributed by atoms with Crippen molar-refractivity contribution in [1.29, 1.82) is 5.26 Å². The van der Waals surface area contributed by atoms with E-state index in [4.69, 9.17) is 19.5 Å². The number of carbonyl (C=O) groups excluding carboxylic acids is 3. The zero-order chi connectivity index (χ0) is 21.9. The number of rotatable bonds is 9. The molecule has 1 N–H and O–H groups in total. The van der Waals surface area contributed by atoms with Crippen molar-refractivity contribution in [3.63, 3.8) is 0 Å². The quantitative estimate of drug-likeness (QED) is 0.627. The second kappa shape index (κ2) is 11.2. The molecule has 2 atom stereocenters. The summed E-state index contributed by atoms with van der Waals surface area (Å²) in [7, 11) is 1.23. The first kappa shape index (κ1) is 22.4. The lowest BCUT2D eigenvalue weighted by atomic mass is 10.1. The smallest absolute Gasteiger partial charge is 0.347 e. The molecule has 0 fully saturated rings. The molecule has 30 heavy (non-hydrogen) atoms. The zero-order valence-electron chi connectivity index (χ0n) is 16.7. The van der Waals surface area contributed by atoms with Crippen LogP contribution in [-0.4, -0.2) is 43.7 Å². The number of hydrogen-bond donors (Lipinski definition) is 1. The number of benzene rings is 2. The van der Waals surface area contributed by atoms with Gasteiger partial charge in [0.1, 0.15) is 11.8 Å². The average Bonchev–Trinajstić information content (AvgIpc) is 2.77. The third kappa shape index (κ3) is 6.95. The van der Waals surface area contributed by atoms with E-state index in [-0.39, 0.29) is 6.42 Å². The van der Waals surface area contributed by atoms with Crippen LogP contribution in [-0.2, 0) is 30.3 Å². The molecular weight excluding hydrogens is 388 g/mol. The summed E-state index contributed by atoms with van der Waals surface area (Å²) in [5.74, 6) is -1.60. The third-order valence-corrected chi connectivity index (χ3v) is 4.08. The number of carbonyl (C=O) groups is 3. The van der Waals surface area contributed by atoms with Crippen LogP contribution in [0.5, 0.6) is 5.75 Å². The van der Waals surface area contributed by atoms with Crippen molar-refractivity contribution in [3.05, 3.63) is 65.7 Å². The maximum atomic E-state index is 12.2. The van der Waals surface area contributed by atoms with E-state index in [2.05, 4.69) is 5.32 Å². The van der Waals surface area contributed by atoms with Gasteiger partial charge in [0.25, 0.3) is 5.91 Å². The third-order valence-electron chi connectivity index (χ3n) is 4.08. The van der Waals surface area contributed by atoms with E-state index in [0.717, 1.165) is 5.56 Å². The van der Waals surface area contributed by atoms with Crippen LogP contribution in [0.2, 0.25) is 0 Å². The van der Waals surface area contributed by atoms with Gasteiger partial charge in [0.05, 0.1) is 18.7 Å². The van der Waals surface area contributed by atoms with Gasteiger partial charge in [0, 0.05) is 6.42 Å². The molecule has 8 heteroatoms. The van der Waals surface area contributed by atoms with Gasteiger partial charge < -0.3 is 19.5 Å². The molecule has 1 amide bonds. The first-order valence-corrected chi connectivity index (χ1v) is 9.17. The van der Waals surface area contributed by atoms with Gasteiger partial charge in [0.15, 0.2) is 12.7 Å². The van der Waals surface area contributed by atoms with E-state index in [1.165, 1.54) is 14.0 Å². The summed E-state index contributed by atoms with van der Waals surface area (Å²) >= 11 is 0. The molecule has 0 aromatic heterocycles. The molecule has 0 aliphatic rings. The first-order valence-electron chi connectivity index (χ1n) is 9.17. The molecule has 0 aliphatic carbocycles. The van der Waals surface area contributed by atoms with Gasteiger partial charge in [-0.25, -0.2) is 9.59 Å². The molecule has 0 unspecified atom stereocenters. The minimum Gasteiger partial charge on any atom is -0.479 e. The van der Waals surface area contributed by atoms with Gasteiger partial charge in [-0.3, -0.25) is 4.79 Å². The van der Waals surface area contributed by atoms with E-state index in [1.807, 2.05) is 36.4 Å². The minimum absolute atomic E-state index is 0.241. The van der Waals surface area contributed by atoms with Crippen LogP contribution < -0.4 is 10.1 Å². The summed E-state index contributed by atoms with van der Waals surface area (Å²) in [6.45, 7) is 0.910. The van der Waals surface area contributed by atoms with Gasteiger partial charge in [-0.1, -0.05) is 30.3 Å². The second-order valence-electron chi connectivity index (χ2n) is 6.34. The normalized spacial score (nSPS) is 12.0. The zero-order valence-corrected chi connectivity index (χ0v) is 16.7. The lowest BCUT2D eigenvalue weighted by Gasteiger charge is -2.17. The molecule has 2 aromatic carbocycles. The van der Waals surface area contributed by atoms with Crippen molar-refractivity contribution in [2.24, 2.45) is 0 Å². The molecule has 0 spiro atoms. The summed E-state index contributed by atoms with van der Waals surface area (Å²) in [4.78, 5) is 36.2. The number of nitrogens with one attached hydrogen (secondary N) is 1. The molecule has 0 bridgehead atoms. The number of hydrogen-bond acceptors (Lipinski definition) is 7. The number of methoxy groups -OCH3 is 1. The number of nitriles is 1. The van der Waals surface area contributed by atoms with Crippen LogP contribution in [0.15, 0.2) is 54.6 Å². The van der Waals surface area contributed by atoms with E-state index in [1.54, 1.807) is 24.3 Å². The van der Waals surface area contributed by atoms with Crippen LogP contribution in [0.3, 0.4) is 0 Å². The Bertz CT molecular complexity index is 905. The van der Waals surface area contributed by atoms with Gasteiger partial charge in [-0.2, -0.15) is 5.26 Å². The van der Waals surface area contributed by atoms with Crippen LogP contribution in [0.25, 0.3) is 0 Å². The molecule has 2 aromatic rings. The molecule has 0 radical (unpaired) electrons. The molecule has 156 valence electrons. The lowest BCUT2D eigenvalue weighted by molar-refractivity contribution is -0.155. The summed E-state index contributed by atoms with van der Waals surface area (Å²) in [6, 6.07) is 16.4. The summed E-state index contributed by atoms with van der Waals surface area (Å²) < 4.78 is 15.1. The van der Waals surface area contributed by atoms with Crippen LogP contribution in [0, 0.1) is 11.3 Å². The van der Waals surface area contributed by atoms with Crippen LogP contribution >= 0.6 is 0 Å². The Hall–Kier alpha value is -3.86. The molecular formula is C22H22N2O6. The van der Waals surface area contributed by atoms with E-state index >= 15 is 0 Å². The van der Waals surface area contributed by atoms with Crippen molar-refractivity contribution in [2.45, 2.75) is 25.5 Å². The minimum atomic E-state index is -0.966. The fraction of sp³-hybridized carbons (Fsp3) is 0.273. The number of amides is 1. The van der Waals surface area contributed by atoms with Crippen molar-refractivity contribution in [3.8, 4) is 11.8 Å². The van der Waals surface area contributed by atoms with E-state index < -0.39 is 36.6 Å². The van der Waals surface area contributed by atoms with Crippen molar-refractivity contribution < 1.29 is 28.6 Å². The maximum absolute atomic E-state index is 12.2.